The van der Waals surface area contributed by atoms with Crippen LogP contribution in [0.1, 0.15) is 27.7 Å². The van der Waals surface area contributed by atoms with Gasteiger partial charge in [-0.2, -0.15) is 0 Å². The number of halogens is 2. The van der Waals surface area contributed by atoms with Crippen molar-refractivity contribution in [3.63, 3.8) is 0 Å². The van der Waals surface area contributed by atoms with Gasteiger partial charge in [-0.25, -0.2) is 23.7 Å². The highest BCUT2D eigenvalue weighted by atomic mass is 19.1. The van der Waals surface area contributed by atoms with Crippen LogP contribution in [0, 0.1) is 5.82 Å². The van der Waals surface area contributed by atoms with E-state index in [2.05, 4.69) is 30.2 Å². The highest BCUT2D eigenvalue weighted by Crippen LogP contribution is 2.29. The molecule has 138 valence electrons. The predicted octanol–water partition coefficient (Wildman–Crippen LogP) is 3.27. The highest BCUT2D eigenvalue weighted by Gasteiger charge is 2.20. The standard InChI is InChI=1S/C19H12F2N6O/c20-13-1-2-16(26-9-13)27-19(28)14-5-11(6-15-18(14)25-4-3-24-15)17(21)12-7-22-10-23-8-12/h1-10,17H,(H,26,27,28). The molecule has 0 saturated carbocycles. The minimum atomic E-state index is -1.55. The lowest BCUT2D eigenvalue weighted by Gasteiger charge is -2.12. The van der Waals surface area contributed by atoms with Crippen molar-refractivity contribution in [2.75, 3.05) is 5.32 Å². The quantitative estimate of drug-likeness (QED) is 0.586. The third-order valence-electron chi connectivity index (χ3n) is 3.98. The molecule has 7 nitrogen and oxygen atoms in total. The maximum atomic E-state index is 15.0. The number of carbonyl (C=O) groups excluding carboxylic acids is 1. The predicted molar refractivity (Wildman–Crippen MR) is 96.7 cm³/mol. The molecule has 0 fully saturated rings. The van der Waals surface area contributed by atoms with E-state index in [0.717, 1.165) is 6.20 Å². The summed E-state index contributed by atoms with van der Waals surface area (Å²) in [7, 11) is 0. The number of aromatic nitrogens is 5. The SMILES string of the molecule is O=C(Nc1ccc(F)cn1)c1cc(C(F)c2cncnc2)cc2nccnc12. The molecule has 0 aliphatic rings. The second kappa shape index (κ2) is 7.39. The van der Waals surface area contributed by atoms with Gasteiger partial charge in [0.25, 0.3) is 5.91 Å². The van der Waals surface area contributed by atoms with Gasteiger partial charge in [-0.05, 0) is 29.8 Å². The van der Waals surface area contributed by atoms with Gasteiger partial charge in [-0.3, -0.25) is 14.8 Å². The van der Waals surface area contributed by atoms with E-state index in [4.69, 9.17) is 0 Å². The van der Waals surface area contributed by atoms with Crippen molar-refractivity contribution in [1.82, 2.24) is 24.9 Å². The van der Waals surface area contributed by atoms with Crippen LogP contribution >= 0.6 is 0 Å². The van der Waals surface area contributed by atoms with Crippen LogP contribution in [0.2, 0.25) is 0 Å². The number of rotatable bonds is 4. The topological polar surface area (TPSA) is 93.6 Å². The fraction of sp³-hybridized carbons (Fsp3) is 0.0526. The van der Waals surface area contributed by atoms with Crippen molar-refractivity contribution in [2.24, 2.45) is 0 Å². The number of hydrogen-bond donors (Lipinski definition) is 1. The maximum absolute atomic E-state index is 15.0. The van der Waals surface area contributed by atoms with Crippen LogP contribution < -0.4 is 5.32 Å². The molecule has 0 saturated heterocycles. The molecule has 0 aliphatic carbocycles. The zero-order valence-electron chi connectivity index (χ0n) is 14.3. The molecule has 0 spiro atoms. The number of alkyl halides is 1. The fourth-order valence-electron chi connectivity index (χ4n) is 2.68. The first kappa shape index (κ1) is 17.5. The number of hydrogen-bond acceptors (Lipinski definition) is 6. The maximum Gasteiger partial charge on any atom is 0.259 e. The number of benzene rings is 1. The van der Waals surface area contributed by atoms with Gasteiger partial charge >= 0.3 is 0 Å². The molecule has 0 aliphatic heterocycles. The van der Waals surface area contributed by atoms with E-state index >= 15 is 0 Å². The number of carbonyl (C=O) groups is 1. The van der Waals surface area contributed by atoms with Crippen molar-refractivity contribution in [3.05, 3.63) is 84.1 Å². The number of amides is 1. The van der Waals surface area contributed by atoms with Gasteiger partial charge in [0.2, 0.25) is 0 Å². The van der Waals surface area contributed by atoms with Gasteiger partial charge < -0.3 is 5.32 Å². The lowest BCUT2D eigenvalue weighted by atomic mass is 10.0. The van der Waals surface area contributed by atoms with E-state index in [1.807, 2.05) is 0 Å². The summed E-state index contributed by atoms with van der Waals surface area (Å²) in [6.07, 6.45) is 6.35. The normalized spacial score (nSPS) is 11.9. The van der Waals surface area contributed by atoms with Gasteiger partial charge in [-0.15, -0.1) is 0 Å². The van der Waals surface area contributed by atoms with E-state index in [1.54, 1.807) is 0 Å². The summed E-state index contributed by atoms with van der Waals surface area (Å²) >= 11 is 0. The van der Waals surface area contributed by atoms with Gasteiger partial charge in [0, 0.05) is 30.4 Å². The fourth-order valence-corrected chi connectivity index (χ4v) is 2.68. The molecule has 1 amide bonds. The Kier molecular flexibility index (Phi) is 4.63. The molecular weight excluding hydrogens is 366 g/mol. The van der Waals surface area contributed by atoms with Crippen molar-refractivity contribution < 1.29 is 13.6 Å². The number of nitrogens with one attached hydrogen (secondary N) is 1. The molecule has 1 N–H and O–H groups in total. The molecule has 4 aromatic rings. The largest absolute Gasteiger partial charge is 0.306 e. The van der Waals surface area contributed by atoms with E-state index < -0.39 is 17.9 Å². The summed E-state index contributed by atoms with van der Waals surface area (Å²) in [5.41, 5.74) is 1.24. The Labute approximate surface area is 157 Å². The van der Waals surface area contributed by atoms with E-state index in [-0.39, 0.29) is 22.5 Å². The smallest absolute Gasteiger partial charge is 0.259 e. The van der Waals surface area contributed by atoms with Crippen LogP contribution in [0.4, 0.5) is 14.6 Å². The van der Waals surface area contributed by atoms with Crippen molar-refractivity contribution in [2.45, 2.75) is 6.17 Å². The van der Waals surface area contributed by atoms with Crippen LogP contribution in [0.3, 0.4) is 0 Å². The molecule has 4 rings (SSSR count). The third kappa shape index (κ3) is 3.50. The Balaban J connectivity index is 1.76. The zero-order valence-corrected chi connectivity index (χ0v) is 14.3. The Bertz CT molecular complexity index is 1140. The lowest BCUT2D eigenvalue weighted by molar-refractivity contribution is 0.102. The Morgan fingerprint density at radius 1 is 0.964 bits per heavy atom. The van der Waals surface area contributed by atoms with E-state index in [1.165, 1.54) is 55.4 Å². The summed E-state index contributed by atoms with van der Waals surface area (Å²) < 4.78 is 28.0. The summed E-state index contributed by atoms with van der Waals surface area (Å²) in [5.74, 6) is -0.938. The Morgan fingerprint density at radius 2 is 1.75 bits per heavy atom. The van der Waals surface area contributed by atoms with Gasteiger partial charge in [0.15, 0.2) is 6.17 Å². The highest BCUT2D eigenvalue weighted by molar-refractivity contribution is 6.11. The minimum absolute atomic E-state index is 0.117. The average molecular weight is 378 g/mol. The van der Waals surface area contributed by atoms with Crippen molar-refractivity contribution >= 4 is 22.8 Å². The third-order valence-corrected chi connectivity index (χ3v) is 3.98. The van der Waals surface area contributed by atoms with E-state index in [9.17, 15) is 13.6 Å². The van der Waals surface area contributed by atoms with Crippen molar-refractivity contribution in [3.8, 4) is 0 Å². The Hall–Kier alpha value is -3.88. The summed E-state index contributed by atoms with van der Waals surface area (Å²) in [5, 5.41) is 2.55. The molecular formula is C19H12F2N6O. The molecule has 9 heteroatoms. The van der Waals surface area contributed by atoms with Crippen LogP contribution in [0.25, 0.3) is 11.0 Å². The molecule has 1 aromatic carbocycles. The molecule has 3 aromatic heterocycles. The zero-order chi connectivity index (χ0) is 19.5. The lowest BCUT2D eigenvalue weighted by Crippen LogP contribution is -2.15. The van der Waals surface area contributed by atoms with Crippen molar-refractivity contribution in [1.29, 1.82) is 0 Å². The van der Waals surface area contributed by atoms with Crippen LogP contribution in [-0.2, 0) is 0 Å². The molecule has 1 unspecified atom stereocenters. The number of anilines is 1. The average Bonchev–Trinajstić information content (AvgIpc) is 2.74. The number of pyridine rings is 1. The van der Waals surface area contributed by atoms with E-state index in [0.29, 0.717) is 11.0 Å². The first-order chi connectivity index (χ1) is 13.6. The summed E-state index contributed by atoms with van der Waals surface area (Å²) in [4.78, 5) is 32.5. The molecule has 0 radical (unpaired) electrons. The number of nitrogens with zero attached hydrogens (tertiary/aromatic N) is 5. The molecule has 0 bridgehead atoms. The first-order valence-corrected chi connectivity index (χ1v) is 8.18. The minimum Gasteiger partial charge on any atom is -0.306 e. The molecule has 28 heavy (non-hydrogen) atoms. The van der Waals surface area contributed by atoms with Crippen LogP contribution in [0.15, 0.2) is 61.6 Å². The monoisotopic (exact) mass is 378 g/mol. The molecule has 1 atom stereocenters. The summed E-state index contributed by atoms with van der Waals surface area (Å²) in [6, 6.07) is 5.41. The second-order valence-electron chi connectivity index (χ2n) is 5.84. The van der Waals surface area contributed by atoms with Crippen LogP contribution in [0.5, 0.6) is 0 Å². The molecule has 3 heterocycles. The first-order valence-electron chi connectivity index (χ1n) is 8.18. The summed E-state index contributed by atoms with van der Waals surface area (Å²) in [6.45, 7) is 0. The number of fused-ring (bicyclic) bond motifs is 1. The van der Waals surface area contributed by atoms with Gasteiger partial charge in [0.05, 0.1) is 17.3 Å². The second-order valence-corrected chi connectivity index (χ2v) is 5.84. The Morgan fingerprint density at radius 3 is 2.50 bits per heavy atom. The van der Waals surface area contributed by atoms with Crippen LogP contribution in [-0.4, -0.2) is 30.8 Å². The van der Waals surface area contributed by atoms with Gasteiger partial charge in [-0.1, -0.05) is 0 Å². The van der Waals surface area contributed by atoms with Gasteiger partial charge in [0.1, 0.15) is 23.5 Å².